The van der Waals surface area contributed by atoms with Crippen molar-refractivity contribution in [1.82, 2.24) is 5.32 Å². The zero-order valence-electron chi connectivity index (χ0n) is 12.7. The lowest BCUT2D eigenvalue weighted by Gasteiger charge is -2.10. The Bertz CT molecular complexity index is 390. The summed E-state index contributed by atoms with van der Waals surface area (Å²) in [5, 5.41) is 3.30. The van der Waals surface area contributed by atoms with Crippen molar-refractivity contribution in [1.29, 1.82) is 0 Å². The minimum atomic E-state index is 0.522. The topological polar surface area (TPSA) is 49.0 Å². The Morgan fingerprint density at radius 3 is 2.48 bits per heavy atom. The van der Waals surface area contributed by atoms with Gasteiger partial charge >= 0.3 is 0 Å². The SMILES string of the molecule is COCCNCc1ccc(OCCOCCOC)c(Br)c1. The Morgan fingerprint density at radius 1 is 1.00 bits per heavy atom. The van der Waals surface area contributed by atoms with E-state index in [1.165, 1.54) is 5.56 Å². The molecule has 1 N–H and O–H groups in total. The zero-order chi connectivity index (χ0) is 15.3. The van der Waals surface area contributed by atoms with Gasteiger partial charge in [0, 0.05) is 27.3 Å². The molecular formula is C15H24BrNO4. The smallest absolute Gasteiger partial charge is 0.133 e. The molecule has 0 radical (unpaired) electrons. The quantitative estimate of drug-likeness (QED) is 0.578. The average molecular weight is 362 g/mol. The van der Waals surface area contributed by atoms with Crippen molar-refractivity contribution in [2.75, 3.05) is 53.8 Å². The Morgan fingerprint density at radius 2 is 1.76 bits per heavy atom. The van der Waals surface area contributed by atoms with Crippen LogP contribution in [0.15, 0.2) is 22.7 Å². The van der Waals surface area contributed by atoms with Crippen LogP contribution >= 0.6 is 15.9 Å². The predicted molar refractivity (Wildman–Crippen MR) is 85.9 cm³/mol. The summed E-state index contributed by atoms with van der Waals surface area (Å²) in [6.07, 6.45) is 0. The number of halogens is 1. The van der Waals surface area contributed by atoms with Gasteiger partial charge in [0.15, 0.2) is 0 Å². The van der Waals surface area contributed by atoms with Gasteiger partial charge in [0.05, 0.1) is 30.9 Å². The van der Waals surface area contributed by atoms with E-state index in [9.17, 15) is 0 Å². The third-order valence-electron chi connectivity index (χ3n) is 2.73. The molecule has 1 aromatic rings. The number of hydrogen-bond donors (Lipinski definition) is 1. The molecule has 0 aromatic heterocycles. The minimum absolute atomic E-state index is 0.522. The van der Waals surface area contributed by atoms with E-state index < -0.39 is 0 Å². The van der Waals surface area contributed by atoms with Crippen molar-refractivity contribution in [3.05, 3.63) is 28.2 Å². The molecule has 0 atom stereocenters. The van der Waals surface area contributed by atoms with Crippen LogP contribution in [-0.2, 0) is 20.8 Å². The van der Waals surface area contributed by atoms with Crippen molar-refractivity contribution in [3.8, 4) is 5.75 Å². The highest BCUT2D eigenvalue weighted by molar-refractivity contribution is 9.10. The normalized spacial score (nSPS) is 10.8. The second-order valence-corrected chi connectivity index (χ2v) is 5.24. The standard InChI is InChI=1S/C15H24BrNO4/c1-18-6-5-17-12-13-3-4-15(14(16)11-13)21-10-9-20-8-7-19-2/h3-4,11,17H,5-10,12H2,1-2H3. The molecule has 6 heteroatoms. The van der Waals surface area contributed by atoms with Crippen LogP contribution in [0.3, 0.4) is 0 Å². The van der Waals surface area contributed by atoms with Crippen LogP contribution in [0.4, 0.5) is 0 Å². The first kappa shape index (κ1) is 18.4. The molecule has 0 aliphatic rings. The monoisotopic (exact) mass is 361 g/mol. The molecule has 0 fully saturated rings. The lowest BCUT2D eigenvalue weighted by atomic mass is 10.2. The Balaban J connectivity index is 2.26. The van der Waals surface area contributed by atoms with E-state index in [0.717, 1.165) is 23.3 Å². The minimum Gasteiger partial charge on any atom is -0.490 e. The second-order valence-electron chi connectivity index (χ2n) is 4.39. The Hall–Kier alpha value is -0.660. The summed E-state index contributed by atoms with van der Waals surface area (Å²) in [6, 6.07) is 6.07. The molecule has 0 saturated heterocycles. The van der Waals surface area contributed by atoms with Crippen molar-refractivity contribution in [2.24, 2.45) is 0 Å². The molecule has 0 spiro atoms. The summed E-state index contributed by atoms with van der Waals surface area (Å²) in [5.41, 5.74) is 1.20. The summed E-state index contributed by atoms with van der Waals surface area (Å²) < 4.78 is 21.8. The van der Waals surface area contributed by atoms with Crippen molar-refractivity contribution in [3.63, 3.8) is 0 Å². The molecule has 1 aromatic carbocycles. The fourth-order valence-electron chi connectivity index (χ4n) is 1.63. The van der Waals surface area contributed by atoms with E-state index in [4.69, 9.17) is 18.9 Å². The van der Waals surface area contributed by atoms with Gasteiger partial charge in [0.2, 0.25) is 0 Å². The first-order valence-corrected chi connectivity index (χ1v) is 7.74. The van der Waals surface area contributed by atoms with Gasteiger partial charge in [0.1, 0.15) is 12.4 Å². The summed E-state index contributed by atoms with van der Waals surface area (Å²) in [5.74, 6) is 0.825. The predicted octanol–water partition coefficient (Wildman–Crippen LogP) is 2.23. The van der Waals surface area contributed by atoms with Crippen LogP contribution in [-0.4, -0.2) is 53.8 Å². The Kier molecular flexibility index (Phi) is 10.5. The number of methoxy groups -OCH3 is 2. The van der Waals surface area contributed by atoms with Gasteiger partial charge in [-0.15, -0.1) is 0 Å². The van der Waals surface area contributed by atoms with Gasteiger partial charge in [-0.05, 0) is 33.6 Å². The number of hydrogen-bond acceptors (Lipinski definition) is 5. The van der Waals surface area contributed by atoms with Gasteiger partial charge in [-0.25, -0.2) is 0 Å². The molecule has 0 aliphatic carbocycles. The molecule has 5 nitrogen and oxygen atoms in total. The average Bonchev–Trinajstić information content (AvgIpc) is 2.49. The van der Waals surface area contributed by atoms with Crippen LogP contribution in [0.2, 0.25) is 0 Å². The second kappa shape index (κ2) is 11.9. The van der Waals surface area contributed by atoms with E-state index in [0.29, 0.717) is 33.0 Å². The molecule has 0 bridgehead atoms. The summed E-state index contributed by atoms with van der Waals surface area (Å²) >= 11 is 3.53. The van der Waals surface area contributed by atoms with Crippen LogP contribution in [0.1, 0.15) is 5.56 Å². The maximum Gasteiger partial charge on any atom is 0.133 e. The third kappa shape index (κ3) is 8.38. The van der Waals surface area contributed by atoms with E-state index in [1.807, 2.05) is 12.1 Å². The molecule has 1 rings (SSSR count). The van der Waals surface area contributed by atoms with E-state index >= 15 is 0 Å². The first-order chi connectivity index (χ1) is 10.3. The van der Waals surface area contributed by atoms with E-state index in [2.05, 4.69) is 27.3 Å². The third-order valence-corrected chi connectivity index (χ3v) is 3.35. The van der Waals surface area contributed by atoms with Crippen LogP contribution in [0.5, 0.6) is 5.75 Å². The van der Waals surface area contributed by atoms with Gasteiger partial charge in [-0.1, -0.05) is 6.07 Å². The maximum atomic E-state index is 5.66. The maximum absolute atomic E-state index is 5.66. The summed E-state index contributed by atoms with van der Waals surface area (Å²) in [6.45, 7) is 4.63. The van der Waals surface area contributed by atoms with Crippen molar-refractivity contribution < 1.29 is 18.9 Å². The Labute approximate surface area is 135 Å². The number of benzene rings is 1. The number of ether oxygens (including phenoxy) is 4. The zero-order valence-corrected chi connectivity index (χ0v) is 14.3. The fraction of sp³-hybridized carbons (Fsp3) is 0.600. The van der Waals surface area contributed by atoms with Crippen LogP contribution in [0, 0.1) is 0 Å². The molecule has 0 unspecified atom stereocenters. The van der Waals surface area contributed by atoms with Crippen LogP contribution in [0.25, 0.3) is 0 Å². The van der Waals surface area contributed by atoms with Crippen LogP contribution < -0.4 is 10.1 Å². The molecular weight excluding hydrogens is 338 g/mol. The summed E-state index contributed by atoms with van der Waals surface area (Å²) in [4.78, 5) is 0. The molecule has 21 heavy (non-hydrogen) atoms. The molecule has 0 saturated carbocycles. The summed E-state index contributed by atoms with van der Waals surface area (Å²) in [7, 11) is 3.35. The van der Waals surface area contributed by atoms with Gasteiger partial charge in [-0.2, -0.15) is 0 Å². The van der Waals surface area contributed by atoms with Crippen molar-refractivity contribution in [2.45, 2.75) is 6.54 Å². The fourth-order valence-corrected chi connectivity index (χ4v) is 2.17. The van der Waals surface area contributed by atoms with Gasteiger partial charge in [-0.3, -0.25) is 0 Å². The lowest BCUT2D eigenvalue weighted by Crippen LogP contribution is -2.18. The lowest BCUT2D eigenvalue weighted by molar-refractivity contribution is 0.0543. The first-order valence-electron chi connectivity index (χ1n) is 6.95. The highest BCUT2D eigenvalue weighted by Gasteiger charge is 2.03. The van der Waals surface area contributed by atoms with Gasteiger partial charge in [0.25, 0.3) is 0 Å². The highest BCUT2D eigenvalue weighted by Crippen LogP contribution is 2.25. The largest absolute Gasteiger partial charge is 0.490 e. The molecule has 120 valence electrons. The number of rotatable bonds is 12. The number of nitrogens with one attached hydrogen (secondary N) is 1. The molecule has 0 aliphatic heterocycles. The highest BCUT2D eigenvalue weighted by atomic mass is 79.9. The van der Waals surface area contributed by atoms with E-state index in [-0.39, 0.29) is 0 Å². The van der Waals surface area contributed by atoms with E-state index in [1.54, 1.807) is 14.2 Å². The molecule has 0 amide bonds. The molecule has 0 heterocycles. The van der Waals surface area contributed by atoms with Crippen molar-refractivity contribution >= 4 is 15.9 Å². The van der Waals surface area contributed by atoms with Gasteiger partial charge < -0.3 is 24.3 Å².